The Morgan fingerprint density at radius 1 is 1.56 bits per heavy atom. The summed E-state index contributed by atoms with van der Waals surface area (Å²) < 4.78 is 5.00. The molecule has 5 heteroatoms. The Hall–Kier alpha value is -1.75. The van der Waals surface area contributed by atoms with Crippen LogP contribution < -0.4 is 10.5 Å². The standard InChI is InChI=1S/C11H15NO4/c1-16-7-2-3-9(12)8(6-7)10(13)4-5-11(14)15/h2-3,6,10,13H,4-5,12H2,1H3,(H,14,15). The van der Waals surface area contributed by atoms with Crippen molar-refractivity contribution >= 4 is 11.7 Å². The number of anilines is 1. The van der Waals surface area contributed by atoms with E-state index < -0.39 is 12.1 Å². The molecular formula is C11H15NO4. The van der Waals surface area contributed by atoms with E-state index in [0.29, 0.717) is 17.0 Å². The normalized spacial score (nSPS) is 12.1. The van der Waals surface area contributed by atoms with Gasteiger partial charge in [-0.1, -0.05) is 0 Å². The number of nitrogens with two attached hydrogens (primary N) is 1. The Morgan fingerprint density at radius 2 is 2.25 bits per heavy atom. The number of aliphatic hydroxyl groups is 1. The van der Waals surface area contributed by atoms with E-state index in [9.17, 15) is 9.90 Å². The highest BCUT2D eigenvalue weighted by atomic mass is 16.5. The van der Waals surface area contributed by atoms with Crippen LogP contribution in [0.25, 0.3) is 0 Å². The molecule has 0 radical (unpaired) electrons. The number of hydrogen-bond acceptors (Lipinski definition) is 4. The average Bonchev–Trinajstić information content (AvgIpc) is 2.26. The predicted molar refractivity (Wildman–Crippen MR) is 59.2 cm³/mol. The van der Waals surface area contributed by atoms with E-state index in [1.54, 1.807) is 18.2 Å². The highest BCUT2D eigenvalue weighted by Crippen LogP contribution is 2.27. The number of hydrogen-bond donors (Lipinski definition) is 3. The molecule has 0 bridgehead atoms. The molecule has 0 aliphatic carbocycles. The van der Waals surface area contributed by atoms with Gasteiger partial charge in [-0.3, -0.25) is 4.79 Å². The van der Waals surface area contributed by atoms with Gasteiger partial charge >= 0.3 is 5.97 Å². The van der Waals surface area contributed by atoms with Crippen LogP contribution in [0.5, 0.6) is 5.75 Å². The molecule has 0 saturated heterocycles. The van der Waals surface area contributed by atoms with E-state index >= 15 is 0 Å². The average molecular weight is 225 g/mol. The van der Waals surface area contributed by atoms with Crippen molar-refractivity contribution in [2.75, 3.05) is 12.8 Å². The van der Waals surface area contributed by atoms with Crippen molar-refractivity contribution in [2.24, 2.45) is 0 Å². The molecule has 16 heavy (non-hydrogen) atoms. The minimum absolute atomic E-state index is 0.0994. The fraction of sp³-hybridized carbons (Fsp3) is 0.364. The predicted octanol–water partition coefficient (Wildman–Crippen LogP) is 1.18. The SMILES string of the molecule is COc1ccc(N)c(C(O)CCC(=O)O)c1. The second-order valence-electron chi connectivity index (χ2n) is 3.44. The highest BCUT2D eigenvalue weighted by molar-refractivity contribution is 5.66. The van der Waals surface area contributed by atoms with Gasteiger partial charge in [0.15, 0.2) is 0 Å². The maximum atomic E-state index is 10.4. The van der Waals surface area contributed by atoms with Gasteiger partial charge < -0.3 is 20.7 Å². The summed E-state index contributed by atoms with van der Waals surface area (Å²) >= 11 is 0. The van der Waals surface area contributed by atoms with Gasteiger partial charge in [0.2, 0.25) is 0 Å². The van der Waals surface area contributed by atoms with E-state index in [4.69, 9.17) is 15.6 Å². The molecular weight excluding hydrogens is 210 g/mol. The molecule has 0 saturated carbocycles. The Bertz CT molecular complexity index is 378. The summed E-state index contributed by atoms with van der Waals surface area (Å²) in [6.07, 6.45) is -0.851. The van der Waals surface area contributed by atoms with Crippen molar-refractivity contribution in [3.63, 3.8) is 0 Å². The monoisotopic (exact) mass is 225 g/mol. The molecule has 0 aromatic heterocycles. The third-order valence-corrected chi connectivity index (χ3v) is 2.28. The number of carbonyl (C=O) groups is 1. The maximum Gasteiger partial charge on any atom is 0.303 e. The summed E-state index contributed by atoms with van der Waals surface area (Å²) in [4.78, 5) is 10.4. The molecule has 1 aromatic rings. The summed E-state index contributed by atoms with van der Waals surface area (Å²) in [7, 11) is 1.51. The van der Waals surface area contributed by atoms with Gasteiger partial charge in [0.25, 0.3) is 0 Å². The van der Waals surface area contributed by atoms with Crippen molar-refractivity contribution in [3.8, 4) is 5.75 Å². The van der Waals surface area contributed by atoms with Gasteiger partial charge in [-0.15, -0.1) is 0 Å². The number of ether oxygens (including phenoxy) is 1. The van der Waals surface area contributed by atoms with Gasteiger partial charge in [0, 0.05) is 17.7 Å². The van der Waals surface area contributed by atoms with Gasteiger partial charge in [0.05, 0.1) is 13.2 Å². The van der Waals surface area contributed by atoms with Gasteiger partial charge in [-0.25, -0.2) is 0 Å². The van der Waals surface area contributed by atoms with Crippen LogP contribution in [0, 0.1) is 0 Å². The number of carboxylic acid groups (broad SMARTS) is 1. The van der Waals surface area contributed by atoms with Crippen molar-refractivity contribution in [2.45, 2.75) is 18.9 Å². The Morgan fingerprint density at radius 3 is 2.81 bits per heavy atom. The molecule has 0 aliphatic heterocycles. The maximum absolute atomic E-state index is 10.4. The summed E-state index contributed by atoms with van der Waals surface area (Å²) in [5, 5.41) is 18.3. The van der Waals surface area contributed by atoms with E-state index in [1.165, 1.54) is 7.11 Å². The molecule has 1 unspecified atom stereocenters. The third-order valence-electron chi connectivity index (χ3n) is 2.28. The first-order valence-electron chi connectivity index (χ1n) is 4.88. The highest BCUT2D eigenvalue weighted by Gasteiger charge is 2.13. The zero-order chi connectivity index (χ0) is 12.1. The number of methoxy groups -OCH3 is 1. The van der Waals surface area contributed by atoms with Crippen molar-refractivity contribution < 1.29 is 19.7 Å². The van der Waals surface area contributed by atoms with E-state index in [0.717, 1.165) is 0 Å². The summed E-state index contributed by atoms with van der Waals surface area (Å²) in [6.45, 7) is 0. The number of carboxylic acids is 1. The van der Waals surface area contributed by atoms with Crippen LogP contribution in [0.3, 0.4) is 0 Å². The molecule has 0 aliphatic rings. The minimum Gasteiger partial charge on any atom is -0.497 e. The zero-order valence-corrected chi connectivity index (χ0v) is 9.01. The Balaban J connectivity index is 2.80. The van der Waals surface area contributed by atoms with E-state index in [1.807, 2.05) is 0 Å². The third kappa shape index (κ3) is 3.13. The molecule has 0 spiro atoms. The first-order chi connectivity index (χ1) is 7.54. The molecule has 1 aromatic carbocycles. The van der Waals surface area contributed by atoms with E-state index in [2.05, 4.69) is 0 Å². The lowest BCUT2D eigenvalue weighted by molar-refractivity contribution is -0.137. The molecule has 0 heterocycles. The first-order valence-corrected chi connectivity index (χ1v) is 4.88. The minimum atomic E-state index is -0.944. The van der Waals surface area contributed by atoms with Crippen LogP contribution in [-0.4, -0.2) is 23.3 Å². The molecule has 0 amide bonds. The van der Waals surface area contributed by atoms with Crippen LogP contribution >= 0.6 is 0 Å². The molecule has 4 N–H and O–H groups in total. The fourth-order valence-corrected chi connectivity index (χ4v) is 1.38. The quantitative estimate of drug-likeness (QED) is 0.654. The molecule has 0 fully saturated rings. The number of aliphatic carboxylic acids is 1. The van der Waals surface area contributed by atoms with Crippen LogP contribution in [0.15, 0.2) is 18.2 Å². The Kier molecular flexibility index (Phi) is 4.13. The van der Waals surface area contributed by atoms with Crippen molar-refractivity contribution in [1.82, 2.24) is 0 Å². The second kappa shape index (κ2) is 5.37. The molecule has 5 nitrogen and oxygen atoms in total. The van der Waals surface area contributed by atoms with Crippen LogP contribution in [0.1, 0.15) is 24.5 Å². The largest absolute Gasteiger partial charge is 0.497 e. The molecule has 1 atom stereocenters. The first kappa shape index (κ1) is 12.3. The van der Waals surface area contributed by atoms with Crippen molar-refractivity contribution in [1.29, 1.82) is 0 Å². The van der Waals surface area contributed by atoms with Gasteiger partial charge in [-0.05, 0) is 24.6 Å². The second-order valence-corrected chi connectivity index (χ2v) is 3.44. The topological polar surface area (TPSA) is 92.8 Å². The fourth-order valence-electron chi connectivity index (χ4n) is 1.38. The lowest BCUT2D eigenvalue weighted by atomic mass is 10.0. The summed E-state index contributed by atoms with van der Waals surface area (Å²) in [6, 6.07) is 4.92. The van der Waals surface area contributed by atoms with Crippen LogP contribution in [0.2, 0.25) is 0 Å². The molecule has 1 rings (SSSR count). The van der Waals surface area contributed by atoms with E-state index in [-0.39, 0.29) is 12.8 Å². The number of rotatable bonds is 5. The van der Waals surface area contributed by atoms with Gasteiger partial charge in [0.1, 0.15) is 5.75 Å². The number of aliphatic hydroxyl groups excluding tert-OH is 1. The Labute approximate surface area is 93.5 Å². The summed E-state index contributed by atoms with van der Waals surface area (Å²) in [5.41, 5.74) is 6.62. The van der Waals surface area contributed by atoms with Crippen LogP contribution in [0.4, 0.5) is 5.69 Å². The zero-order valence-electron chi connectivity index (χ0n) is 9.01. The summed E-state index contributed by atoms with van der Waals surface area (Å²) in [5.74, 6) is -0.362. The molecule has 88 valence electrons. The van der Waals surface area contributed by atoms with Gasteiger partial charge in [-0.2, -0.15) is 0 Å². The number of benzene rings is 1. The smallest absolute Gasteiger partial charge is 0.303 e. The lowest BCUT2D eigenvalue weighted by Crippen LogP contribution is -2.05. The van der Waals surface area contributed by atoms with Crippen LogP contribution in [-0.2, 0) is 4.79 Å². The lowest BCUT2D eigenvalue weighted by Gasteiger charge is -2.13. The number of nitrogen functional groups attached to an aromatic ring is 1. The van der Waals surface area contributed by atoms with Crippen molar-refractivity contribution in [3.05, 3.63) is 23.8 Å².